The van der Waals surface area contributed by atoms with Gasteiger partial charge in [0.1, 0.15) is 23.4 Å². The molecule has 6 N–H and O–H groups in total. The summed E-state index contributed by atoms with van der Waals surface area (Å²) in [7, 11) is 0. The van der Waals surface area contributed by atoms with Crippen molar-refractivity contribution < 1.29 is 38.6 Å². The van der Waals surface area contributed by atoms with Crippen molar-refractivity contribution in [1.82, 2.24) is 26.3 Å². The normalized spacial score (nSPS) is 12.4. The van der Waals surface area contributed by atoms with E-state index < -0.39 is 72.3 Å². The average molecular weight is 605 g/mol. The third-order valence-corrected chi connectivity index (χ3v) is 6.09. The van der Waals surface area contributed by atoms with Crippen molar-refractivity contribution in [3.63, 3.8) is 0 Å². The fourth-order valence-electron chi connectivity index (χ4n) is 3.38. The number of rotatable bonds is 13. The molecule has 2 aromatic rings. The molecule has 0 fully saturated rings. The lowest BCUT2D eigenvalue weighted by Gasteiger charge is -2.25. The van der Waals surface area contributed by atoms with Gasteiger partial charge in [0.2, 0.25) is 11.8 Å². The van der Waals surface area contributed by atoms with Crippen LogP contribution in [0.3, 0.4) is 0 Å². The van der Waals surface area contributed by atoms with Gasteiger partial charge in [0, 0.05) is 11.9 Å². The van der Waals surface area contributed by atoms with Crippen LogP contribution in [0.4, 0.5) is 9.93 Å². The Hall–Kier alpha value is -4.53. The molecule has 0 saturated carbocycles. The Labute approximate surface area is 247 Å². The van der Waals surface area contributed by atoms with Crippen LogP contribution in [0.2, 0.25) is 0 Å². The number of aliphatic carboxylic acids is 1. The van der Waals surface area contributed by atoms with Crippen molar-refractivity contribution in [1.29, 1.82) is 0 Å². The van der Waals surface area contributed by atoms with Crippen LogP contribution in [0.5, 0.6) is 0 Å². The number of aromatic nitrogens is 1. The molecule has 0 spiro atoms. The van der Waals surface area contributed by atoms with Crippen LogP contribution in [0, 0.1) is 5.92 Å². The molecule has 15 heteroatoms. The van der Waals surface area contributed by atoms with E-state index in [1.54, 1.807) is 34.6 Å². The number of urea groups is 1. The van der Waals surface area contributed by atoms with Crippen LogP contribution >= 0.6 is 11.3 Å². The standard InChI is InChI=1S/C27H36N6O8S/c1-15(2)21(24(38)39)32-23(37)17(11-20(35)41-27(3,4)5)30-19(34)13-28-22(36)18-14-42-26(31-18)33-25(40)29-12-16-9-7-6-8-10-16/h6-10,14-15,17,21H,11-13H2,1-5H3,(H,28,36)(H,30,34)(H,32,37)(H,38,39)(H2,29,31,33,40)/t17-,21-/m0/s1. The Kier molecular flexibility index (Phi) is 12.4. The molecule has 0 aliphatic heterocycles. The fourth-order valence-corrected chi connectivity index (χ4v) is 4.06. The van der Waals surface area contributed by atoms with Crippen LogP contribution in [-0.4, -0.2) is 70.0 Å². The molecular formula is C27H36N6O8S. The number of benzene rings is 1. The van der Waals surface area contributed by atoms with Gasteiger partial charge in [0.05, 0.1) is 13.0 Å². The Morgan fingerprint density at radius 3 is 2.26 bits per heavy atom. The van der Waals surface area contributed by atoms with E-state index in [1.165, 1.54) is 5.38 Å². The first kappa shape index (κ1) is 33.7. The maximum absolute atomic E-state index is 12.8. The summed E-state index contributed by atoms with van der Waals surface area (Å²) in [5.74, 6) is -4.99. The number of hydrogen-bond donors (Lipinski definition) is 6. The highest BCUT2D eigenvalue weighted by molar-refractivity contribution is 7.14. The first-order valence-corrected chi connectivity index (χ1v) is 13.9. The lowest BCUT2D eigenvalue weighted by molar-refractivity contribution is -0.156. The molecule has 1 aromatic carbocycles. The first-order chi connectivity index (χ1) is 19.6. The minimum Gasteiger partial charge on any atom is -0.480 e. The zero-order valence-electron chi connectivity index (χ0n) is 24.0. The van der Waals surface area contributed by atoms with Crippen LogP contribution in [0.15, 0.2) is 35.7 Å². The monoisotopic (exact) mass is 604 g/mol. The lowest BCUT2D eigenvalue weighted by atomic mass is 10.0. The van der Waals surface area contributed by atoms with E-state index >= 15 is 0 Å². The number of carbonyl (C=O) groups is 6. The predicted molar refractivity (Wildman–Crippen MR) is 154 cm³/mol. The minimum absolute atomic E-state index is 0.0598. The molecule has 1 aromatic heterocycles. The Balaban J connectivity index is 1.95. The summed E-state index contributed by atoms with van der Waals surface area (Å²) in [5.41, 5.74) is -0.0189. The molecule has 5 amide bonds. The van der Waals surface area contributed by atoms with Gasteiger partial charge in [0.15, 0.2) is 5.13 Å². The van der Waals surface area contributed by atoms with Crippen LogP contribution in [-0.2, 0) is 30.5 Å². The molecule has 1 heterocycles. The highest BCUT2D eigenvalue weighted by Gasteiger charge is 2.31. The van der Waals surface area contributed by atoms with Gasteiger partial charge >= 0.3 is 18.0 Å². The SMILES string of the molecule is CC(C)[C@H](NC(=O)[C@H](CC(=O)OC(C)(C)C)NC(=O)CNC(=O)c1csc(NC(=O)NCc2ccccc2)n1)C(=O)O. The summed E-state index contributed by atoms with van der Waals surface area (Å²) in [6.07, 6.45) is -0.569. The van der Waals surface area contributed by atoms with Gasteiger partial charge in [-0.3, -0.25) is 24.5 Å². The van der Waals surface area contributed by atoms with Crippen molar-refractivity contribution >= 4 is 52.2 Å². The number of ether oxygens (including phenoxy) is 1. The van der Waals surface area contributed by atoms with E-state index in [1.807, 2.05) is 30.3 Å². The number of thiazole rings is 1. The summed E-state index contributed by atoms with van der Waals surface area (Å²) < 4.78 is 5.23. The summed E-state index contributed by atoms with van der Waals surface area (Å²) >= 11 is 1.00. The lowest BCUT2D eigenvalue weighted by Crippen LogP contribution is -2.55. The largest absolute Gasteiger partial charge is 0.480 e. The number of carbonyl (C=O) groups excluding carboxylic acids is 5. The number of esters is 1. The molecule has 14 nitrogen and oxygen atoms in total. The average Bonchev–Trinajstić information content (AvgIpc) is 3.36. The van der Waals surface area contributed by atoms with Crippen molar-refractivity contribution in [2.24, 2.45) is 5.92 Å². The minimum atomic E-state index is -1.46. The van der Waals surface area contributed by atoms with Crippen molar-refractivity contribution in [2.45, 2.75) is 65.3 Å². The second-order valence-electron chi connectivity index (χ2n) is 10.5. The molecular weight excluding hydrogens is 568 g/mol. The van der Waals surface area contributed by atoms with Gasteiger partial charge in [-0.15, -0.1) is 11.3 Å². The quantitative estimate of drug-likeness (QED) is 0.184. The van der Waals surface area contributed by atoms with Crippen molar-refractivity contribution in [3.05, 3.63) is 47.0 Å². The highest BCUT2D eigenvalue weighted by Crippen LogP contribution is 2.15. The summed E-state index contributed by atoms with van der Waals surface area (Å²) in [6, 6.07) is 6.02. The van der Waals surface area contributed by atoms with E-state index in [2.05, 4.69) is 31.6 Å². The van der Waals surface area contributed by atoms with Crippen molar-refractivity contribution in [3.8, 4) is 0 Å². The number of nitrogens with one attached hydrogen (secondary N) is 5. The van der Waals surface area contributed by atoms with Crippen molar-refractivity contribution in [2.75, 3.05) is 11.9 Å². The molecule has 0 unspecified atom stereocenters. The van der Waals surface area contributed by atoms with Gasteiger partial charge in [-0.2, -0.15) is 0 Å². The number of hydrogen-bond acceptors (Lipinski definition) is 9. The maximum Gasteiger partial charge on any atom is 0.326 e. The predicted octanol–water partition coefficient (Wildman–Crippen LogP) is 1.64. The van der Waals surface area contributed by atoms with Gasteiger partial charge in [-0.05, 0) is 32.3 Å². The number of amides is 5. The summed E-state index contributed by atoms with van der Waals surface area (Å²) in [6.45, 7) is 7.78. The molecule has 0 bridgehead atoms. The Bertz CT molecular complexity index is 1270. The third-order valence-electron chi connectivity index (χ3n) is 5.34. The molecule has 2 atom stereocenters. The molecule has 0 radical (unpaired) electrons. The van der Waals surface area contributed by atoms with Crippen LogP contribution in [0.1, 0.15) is 57.1 Å². The van der Waals surface area contributed by atoms with Gasteiger partial charge < -0.3 is 31.1 Å². The molecule has 0 aliphatic rings. The van der Waals surface area contributed by atoms with Gasteiger partial charge in [-0.25, -0.2) is 14.6 Å². The second-order valence-corrected chi connectivity index (χ2v) is 11.4. The topological polar surface area (TPSA) is 205 Å². The van der Waals surface area contributed by atoms with Gasteiger partial charge in [-0.1, -0.05) is 44.2 Å². The number of carboxylic acid groups (broad SMARTS) is 1. The Morgan fingerprint density at radius 2 is 1.67 bits per heavy atom. The summed E-state index contributed by atoms with van der Waals surface area (Å²) in [4.78, 5) is 78.0. The third kappa shape index (κ3) is 11.9. The molecule has 0 aliphatic carbocycles. The number of carboxylic acids is 1. The van der Waals surface area contributed by atoms with Crippen LogP contribution < -0.4 is 26.6 Å². The zero-order chi connectivity index (χ0) is 31.4. The first-order valence-electron chi connectivity index (χ1n) is 13.0. The van der Waals surface area contributed by atoms with Gasteiger partial charge in [0.25, 0.3) is 5.91 Å². The number of nitrogens with zero attached hydrogens (tertiary/aromatic N) is 1. The van der Waals surface area contributed by atoms with E-state index in [0.29, 0.717) is 6.54 Å². The van der Waals surface area contributed by atoms with E-state index in [9.17, 15) is 33.9 Å². The maximum atomic E-state index is 12.8. The molecule has 42 heavy (non-hydrogen) atoms. The molecule has 2 rings (SSSR count). The van der Waals surface area contributed by atoms with Crippen LogP contribution in [0.25, 0.3) is 0 Å². The van der Waals surface area contributed by atoms with E-state index in [-0.39, 0.29) is 10.8 Å². The second kappa shape index (κ2) is 15.5. The summed E-state index contributed by atoms with van der Waals surface area (Å²) in [5, 5.41) is 23.1. The van der Waals surface area contributed by atoms with E-state index in [4.69, 9.17) is 4.74 Å². The number of anilines is 1. The molecule has 0 saturated heterocycles. The smallest absolute Gasteiger partial charge is 0.326 e. The highest BCUT2D eigenvalue weighted by atomic mass is 32.1. The van der Waals surface area contributed by atoms with E-state index in [0.717, 1.165) is 16.9 Å². The zero-order valence-corrected chi connectivity index (χ0v) is 24.8. The Morgan fingerprint density at radius 1 is 1.00 bits per heavy atom. The molecule has 228 valence electrons. The fraction of sp³-hybridized carbons (Fsp3) is 0.444.